The van der Waals surface area contributed by atoms with Gasteiger partial charge in [0.1, 0.15) is 6.20 Å². The van der Waals surface area contributed by atoms with Crippen molar-refractivity contribution in [2.75, 3.05) is 17.2 Å². The largest absolute Gasteiger partial charge is 0.358 e. The van der Waals surface area contributed by atoms with E-state index in [0.717, 1.165) is 18.5 Å². The lowest BCUT2D eigenvalue weighted by atomic mass is 10.2. The third kappa shape index (κ3) is 3.88. The molecular weight excluding hydrogens is 290 g/mol. The molecule has 0 fully saturated rings. The third-order valence-electron chi connectivity index (χ3n) is 2.90. The quantitative estimate of drug-likeness (QED) is 0.601. The fourth-order valence-corrected chi connectivity index (χ4v) is 2.50. The molecular formula is C13H17N5O2S. The molecule has 7 nitrogen and oxygen atoms in total. The van der Waals surface area contributed by atoms with E-state index in [4.69, 9.17) is 0 Å². The van der Waals surface area contributed by atoms with Crippen LogP contribution in [0.25, 0.3) is 0 Å². The van der Waals surface area contributed by atoms with Gasteiger partial charge in [0.25, 0.3) is 0 Å². The van der Waals surface area contributed by atoms with Crippen LogP contribution in [0, 0.1) is 10.1 Å². The van der Waals surface area contributed by atoms with Gasteiger partial charge in [0.05, 0.1) is 11.0 Å². The van der Waals surface area contributed by atoms with E-state index < -0.39 is 4.92 Å². The van der Waals surface area contributed by atoms with E-state index in [0.29, 0.717) is 5.95 Å². The van der Waals surface area contributed by atoms with Crippen LogP contribution in [0.5, 0.6) is 0 Å². The highest BCUT2D eigenvalue weighted by atomic mass is 32.1. The zero-order valence-electron chi connectivity index (χ0n) is 11.9. The zero-order valence-corrected chi connectivity index (χ0v) is 12.7. The molecule has 2 N–H and O–H groups in total. The summed E-state index contributed by atoms with van der Waals surface area (Å²) in [6.07, 6.45) is 2.15. The number of aromatic nitrogens is 2. The number of thiophene rings is 1. The van der Waals surface area contributed by atoms with Crippen molar-refractivity contribution in [2.45, 2.75) is 26.3 Å². The van der Waals surface area contributed by atoms with Gasteiger partial charge < -0.3 is 10.6 Å². The normalized spacial score (nSPS) is 11.9. The molecule has 0 aliphatic rings. The van der Waals surface area contributed by atoms with Crippen molar-refractivity contribution in [1.29, 1.82) is 0 Å². The van der Waals surface area contributed by atoms with Crippen molar-refractivity contribution >= 4 is 28.8 Å². The fourth-order valence-electron chi connectivity index (χ4n) is 1.75. The Balaban J connectivity index is 2.23. The highest BCUT2D eigenvalue weighted by molar-refractivity contribution is 7.07. The van der Waals surface area contributed by atoms with Gasteiger partial charge in [0.15, 0.2) is 0 Å². The number of anilines is 2. The zero-order chi connectivity index (χ0) is 15.2. The van der Waals surface area contributed by atoms with Gasteiger partial charge in [-0.1, -0.05) is 6.92 Å². The van der Waals surface area contributed by atoms with Gasteiger partial charge in [-0.2, -0.15) is 16.3 Å². The summed E-state index contributed by atoms with van der Waals surface area (Å²) < 4.78 is 0. The van der Waals surface area contributed by atoms with E-state index >= 15 is 0 Å². The number of hydrogen-bond donors (Lipinski definition) is 2. The Morgan fingerprint density at radius 3 is 2.95 bits per heavy atom. The van der Waals surface area contributed by atoms with Gasteiger partial charge >= 0.3 is 5.69 Å². The van der Waals surface area contributed by atoms with Gasteiger partial charge in [0, 0.05) is 6.54 Å². The standard InChI is InChI=1S/C13H17N5O2S/c1-3-5-14-13-15-7-11(18(19)20)12(17-13)16-9(2)10-4-6-21-8-10/h4,6-9H,3,5H2,1-2H3,(H2,14,15,16,17). The molecule has 2 heterocycles. The second-order valence-electron chi connectivity index (χ2n) is 4.53. The molecule has 0 spiro atoms. The first kappa shape index (κ1) is 15.2. The lowest BCUT2D eigenvalue weighted by Gasteiger charge is -2.14. The summed E-state index contributed by atoms with van der Waals surface area (Å²) in [4.78, 5) is 18.8. The molecule has 0 amide bonds. The molecule has 2 aromatic rings. The van der Waals surface area contributed by atoms with Crippen LogP contribution in [0.1, 0.15) is 31.9 Å². The Hall–Kier alpha value is -2.22. The van der Waals surface area contributed by atoms with Crippen LogP contribution in [0.4, 0.5) is 17.5 Å². The van der Waals surface area contributed by atoms with Crippen molar-refractivity contribution in [1.82, 2.24) is 9.97 Å². The average molecular weight is 307 g/mol. The maximum Gasteiger partial charge on any atom is 0.329 e. The monoisotopic (exact) mass is 307 g/mol. The van der Waals surface area contributed by atoms with Gasteiger partial charge in [0.2, 0.25) is 11.8 Å². The van der Waals surface area contributed by atoms with E-state index in [-0.39, 0.29) is 17.5 Å². The van der Waals surface area contributed by atoms with Gasteiger partial charge in [-0.15, -0.1) is 0 Å². The van der Waals surface area contributed by atoms with E-state index in [1.165, 1.54) is 6.20 Å². The van der Waals surface area contributed by atoms with E-state index in [1.807, 2.05) is 30.7 Å². The van der Waals surface area contributed by atoms with Crippen molar-refractivity contribution in [2.24, 2.45) is 0 Å². The van der Waals surface area contributed by atoms with Crippen molar-refractivity contribution in [3.63, 3.8) is 0 Å². The molecule has 0 radical (unpaired) electrons. The van der Waals surface area contributed by atoms with E-state index in [9.17, 15) is 10.1 Å². The number of nitrogens with one attached hydrogen (secondary N) is 2. The summed E-state index contributed by atoms with van der Waals surface area (Å²) in [5, 5.41) is 21.2. The van der Waals surface area contributed by atoms with Crippen LogP contribution in [-0.2, 0) is 0 Å². The molecule has 0 aliphatic carbocycles. The van der Waals surface area contributed by atoms with Crippen molar-refractivity contribution in [3.8, 4) is 0 Å². The molecule has 0 aliphatic heterocycles. The lowest BCUT2D eigenvalue weighted by Crippen LogP contribution is -2.12. The maximum atomic E-state index is 11.1. The molecule has 2 aromatic heterocycles. The SMILES string of the molecule is CCCNc1ncc([N+](=O)[O-])c(NC(C)c2ccsc2)n1. The van der Waals surface area contributed by atoms with Crippen molar-refractivity contribution < 1.29 is 4.92 Å². The topological polar surface area (TPSA) is 93.0 Å². The first-order valence-electron chi connectivity index (χ1n) is 6.65. The predicted molar refractivity (Wildman–Crippen MR) is 83.8 cm³/mol. The van der Waals surface area contributed by atoms with Crippen LogP contribution in [-0.4, -0.2) is 21.4 Å². The molecule has 2 rings (SSSR count). The van der Waals surface area contributed by atoms with Crippen LogP contribution < -0.4 is 10.6 Å². The minimum absolute atomic E-state index is 0.0659. The molecule has 0 saturated carbocycles. The molecule has 0 saturated heterocycles. The summed E-state index contributed by atoms with van der Waals surface area (Å²) >= 11 is 1.58. The summed E-state index contributed by atoms with van der Waals surface area (Å²) in [5.74, 6) is 0.620. The van der Waals surface area contributed by atoms with Crippen LogP contribution in [0.15, 0.2) is 23.0 Å². The minimum Gasteiger partial charge on any atom is -0.358 e. The Morgan fingerprint density at radius 1 is 1.52 bits per heavy atom. The molecule has 1 atom stereocenters. The number of rotatable bonds is 7. The average Bonchev–Trinajstić information content (AvgIpc) is 2.99. The Morgan fingerprint density at radius 2 is 2.33 bits per heavy atom. The highest BCUT2D eigenvalue weighted by Crippen LogP contribution is 2.27. The highest BCUT2D eigenvalue weighted by Gasteiger charge is 2.19. The van der Waals surface area contributed by atoms with E-state index in [1.54, 1.807) is 11.3 Å². The van der Waals surface area contributed by atoms with Crippen LogP contribution in [0.3, 0.4) is 0 Å². The maximum absolute atomic E-state index is 11.1. The molecule has 8 heteroatoms. The van der Waals surface area contributed by atoms with Crippen molar-refractivity contribution in [3.05, 3.63) is 38.7 Å². The lowest BCUT2D eigenvalue weighted by molar-refractivity contribution is -0.384. The second-order valence-corrected chi connectivity index (χ2v) is 5.31. The van der Waals surface area contributed by atoms with Gasteiger partial charge in [-0.05, 0) is 35.7 Å². The molecule has 112 valence electrons. The Bertz CT molecular complexity index is 603. The first-order chi connectivity index (χ1) is 10.1. The van der Waals surface area contributed by atoms with Crippen LogP contribution >= 0.6 is 11.3 Å². The number of nitro groups is 1. The van der Waals surface area contributed by atoms with Gasteiger partial charge in [-0.3, -0.25) is 10.1 Å². The first-order valence-corrected chi connectivity index (χ1v) is 7.60. The van der Waals surface area contributed by atoms with Crippen LogP contribution in [0.2, 0.25) is 0 Å². The minimum atomic E-state index is -0.480. The number of hydrogen-bond acceptors (Lipinski definition) is 7. The fraction of sp³-hybridized carbons (Fsp3) is 0.385. The summed E-state index contributed by atoms with van der Waals surface area (Å²) in [6, 6.07) is 1.91. The van der Waals surface area contributed by atoms with Gasteiger partial charge in [-0.25, -0.2) is 4.98 Å². The predicted octanol–water partition coefficient (Wildman–Crippen LogP) is 3.44. The molecule has 0 aromatic carbocycles. The summed E-state index contributed by atoms with van der Waals surface area (Å²) in [6.45, 7) is 4.68. The molecule has 21 heavy (non-hydrogen) atoms. The number of nitrogens with zero attached hydrogens (tertiary/aromatic N) is 3. The Kier molecular flexibility index (Phi) is 5.04. The second kappa shape index (κ2) is 6.98. The third-order valence-corrected chi connectivity index (χ3v) is 3.60. The Labute approximate surface area is 126 Å². The summed E-state index contributed by atoms with van der Waals surface area (Å²) in [5.41, 5.74) is 0.940. The van der Waals surface area contributed by atoms with E-state index in [2.05, 4.69) is 20.6 Å². The smallest absolute Gasteiger partial charge is 0.329 e. The molecule has 1 unspecified atom stereocenters. The summed E-state index contributed by atoms with van der Waals surface area (Å²) in [7, 11) is 0. The molecule has 0 bridgehead atoms.